The Morgan fingerprint density at radius 3 is 2.74 bits per heavy atom. The van der Waals surface area contributed by atoms with Crippen LogP contribution in [0.3, 0.4) is 0 Å². The van der Waals surface area contributed by atoms with Crippen molar-refractivity contribution in [2.24, 2.45) is 0 Å². The molecule has 0 aliphatic carbocycles. The maximum atomic E-state index is 6.15. The quantitative estimate of drug-likeness (QED) is 0.724. The largest absolute Gasteiger partial charge is 0.220 e. The Morgan fingerprint density at radius 2 is 2.00 bits per heavy atom. The maximum absolute atomic E-state index is 6.15. The topological polar surface area (TPSA) is 30.7 Å². The third-order valence-electron chi connectivity index (χ3n) is 2.95. The molecule has 102 valence electrons. The Hall–Kier alpha value is -1.06. The van der Waals surface area contributed by atoms with Gasteiger partial charge in [-0.15, -0.1) is 0 Å². The van der Waals surface area contributed by atoms with E-state index < -0.39 is 0 Å². The molecule has 0 spiro atoms. The number of aromatic nitrogens is 3. The fraction of sp³-hybridized carbons (Fsp3) is 0.429. The molecule has 0 fully saturated rings. The molecule has 0 N–H and O–H groups in total. The molecular formula is C14H17Cl2N3. The summed E-state index contributed by atoms with van der Waals surface area (Å²) in [5, 5.41) is 5.64. The standard InChI is InChI=1S/C14H17Cl2N3/c1-2-3-4-5-6-14-17-10-19(18-14)13-8-7-11(15)9-12(13)16/h7-10H,2-6H2,1H3. The number of halogens is 2. The Balaban J connectivity index is 2.04. The summed E-state index contributed by atoms with van der Waals surface area (Å²) in [5.41, 5.74) is 0.804. The van der Waals surface area contributed by atoms with Crippen LogP contribution in [0.2, 0.25) is 10.0 Å². The Labute approximate surface area is 123 Å². The number of hydrogen-bond donors (Lipinski definition) is 0. The first kappa shape index (κ1) is 14.4. The Morgan fingerprint density at radius 1 is 1.16 bits per heavy atom. The van der Waals surface area contributed by atoms with Crippen LogP contribution in [-0.4, -0.2) is 14.8 Å². The van der Waals surface area contributed by atoms with E-state index in [2.05, 4.69) is 17.0 Å². The van der Waals surface area contributed by atoms with Crippen molar-refractivity contribution in [3.8, 4) is 5.69 Å². The van der Waals surface area contributed by atoms with Crippen molar-refractivity contribution in [2.45, 2.75) is 39.0 Å². The van der Waals surface area contributed by atoms with Gasteiger partial charge in [0, 0.05) is 11.4 Å². The smallest absolute Gasteiger partial charge is 0.151 e. The highest BCUT2D eigenvalue weighted by Gasteiger charge is 2.07. The van der Waals surface area contributed by atoms with Crippen molar-refractivity contribution >= 4 is 23.2 Å². The molecule has 0 saturated heterocycles. The van der Waals surface area contributed by atoms with E-state index in [1.807, 2.05) is 6.07 Å². The molecule has 1 aromatic heterocycles. The number of nitrogens with zero attached hydrogens (tertiary/aromatic N) is 3. The number of benzene rings is 1. The van der Waals surface area contributed by atoms with Gasteiger partial charge in [0.25, 0.3) is 0 Å². The van der Waals surface area contributed by atoms with Gasteiger partial charge in [0.15, 0.2) is 5.82 Å². The average molecular weight is 298 g/mol. The molecule has 0 bridgehead atoms. The lowest BCUT2D eigenvalue weighted by Gasteiger charge is -2.03. The molecule has 0 aliphatic heterocycles. The second kappa shape index (κ2) is 6.92. The fourth-order valence-corrected chi connectivity index (χ4v) is 2.40. The van der Waals surface area contributed by atoms with Crippen LogP contribution >= 0.6 is 23.2 Å². The lowest BCUT2D eigenvalue weighted by Crippen LogP contribution is -1.97. The zero-order chi connectivity index (χ0) is 13.7. The average Bonchev–Trinajstić information content (AvgIpc) is 2.83. The third-order valence-corrected chi connectivity index (χ3v) is 3.49. The summed E-state index contributed by atoms with van der Waals surface area (Å²) in [6.45, 7) is 2.20. The van der Waals surface area contributed by atoms with E-state index in [0.717, 1.165) is 24.4 Å². The zero-order valence-electron chi connectivity index (χ0n) is 10.9. The van der Waals surface area contributed by atoms with Crippen LogP contribution in [-0.2, 0) is 6.42 Å². The molecule has 0 aliphatic rings. The van der Waals surface area contributed by atoms with Crippen LogP contribution in [0.5, 0.6) is 0 Å². The van der Waals surface area contributed by atoms with Gasteiger partial charge in [0.1, 0.15) is 6.33 Å². The van der Waals surface area contributed by atoms with Crippen molar-refractivity contribution in [3.05, 3.63) is 40.4 Å². The summed E-state index contributed by atoms with van der Waals surface area (Å²) in [6, 6.07) is 5.35. The fourth-order valence-electron chi connectivity index (χ4n) is 1.90. The molecular weight excluding hydrogens is 281 g/mol. The van der Waals surface area contributed by atoms with Gasteiger partial charge in [-0.3, -0.25) is 0 Å². The van der Waals surface area contributed by atoms with Crippen LogP contribution in [0.4, 0.5) is 0 Å². The summed E-state index contributed by atoms with van der Waals surface area (Å²) in [5.74, 6) is 0.863. The predicted octanol–water partition coefficient (Wildman–Crippen LogP) is 4.70. The van der Waals surface area contributed by atoms with Gasteiger partial charge in [-0.25, -0.2) is 9.67 Å². The number of hydrogen-bond acceptors (Lipinski definition) is 2. The SMILES string of the molecule is CCCCCCc1ncn(-c2ccc(Cl)cc2Cl)n1. The van der Waals surface area contributed by atoms with Crippen molar-refractivity contribution in [1.29, 1.82) is 0 Å². The summed E-state index contributed by atoms with van der Waals surface area (Å²) < 4.78 is 1.70. The van der Waals surface area contributed by atoms with Crippen molar-refractivity contribution < 1.29 is 0 Å². The van der Waals surface area contributed by atoms with Crippen LogP contribution in [0.1, 0.15) is 38.4 Å². The molecule has 5 heteroatoms. The first-order valence-corrected chi connectivity index (χ1v) is 7.32. The minimum Gasteiger partial charge on any atom is -0.220 e. The highest BCUT2D eigenvalue weighted by molar-refractivity contribution is 6.35. The summed E-state index contributed by atoms with van der Waals surface area (Å²) in [7, 11) is 0. The monoisotopic (exact) mass is 297 g/mol. The molecule has 0 atom stereocenters. The highest BCUT2D eigenvalue weighted by Crippen LogP contribution is 2.23. The first-order chi connectivity index (χ1) is 9.20. The van der Waals surface area contributed by atoms with Crippen molar-refractivity contribution in [2.75, 3.05) is 0 Å². The maximum Gasteiger partial charge on any atom is 0.151 e. The van der Waals surface area contributed by atoms with Gasteiger partial charge >= 0.3 is 0 Å². The van der Waals surface area contributed by atoms with E-state index in [4.69, 9.17) is 23.2 Å². The molecule has 0 unspecified atom stereocenters. The van der Waals surface area contributed by atoms with Gasteiger partial charge < -0.3 is 0 Å². The van der Waals surface area contributed by atoms with Gasteiger partial charge in [0.05, 0.1) is 10.7 Å². The molecule has 1 aromatic carbocycles. The van der Waals surface area contributed by atoms with E-state index in [1.165, 1.54) is 19.3 Å². The van der Waals surface area contributed by atoms with Crippen LogP contribution in [0.15, 0.2) is 24.5 Å². The predicted molar refractivity (Wildman–Crippen MR) is 79.2 cm³/mol. The normalized spacial score (nSPS) is 10.9. The van der Waals surface area contributed by atoms with E-state index in [1.54, 1.807) is 23.1 Å². The highest BCUT2D eigenvalue weighted by atomic mass is 35.5. The second-order valence-corrected chi connectivity index (χ2v) is 5.36. The molecule has 1 heterocycles. The molecule has 2 rings (SSSR count). The molecule has 2 aromatic rings. The minimum atomic E-state index is 0.579. The lowest BCUT2D eigenvalue weighted by molar-refractivity contribution is 0.650. The van der Waals surface area contributed by atoms with Gasteiger partial charge in [-0.05, 0) is 24.6 Å². The number of rotatable bonds is 6. The van der Waals surface area contributed by atoms with E-state index >= 15 is 0 Å². The van der Waals surface area contributed by atoms with Crippen molar-refractivity contribution in [1.82, 2.24) is 14.8 Å². The lowest BCUT2D eigenvalue weighted by atomic mass is 10.1. The van der Waals surface area contributed by atoms with Gasteiger partial charge in [0.2, 0.25) is 0 Å². The Bertz CT molecular complexity index is 537. The minimum absolute atomic E-state index is 0.579. The van der Waals surface area contributed by atoms with Crippen LogP contribution < -0.4 is 0 Å². The summed E-state index contributed by atoms with van der Waals surface area (Å²) in [4.78, 5) is 4.31. The number of aryl methyl sites for hydroxylation is 1. The number of unbranched alkanes of at least 4 members (excludes halogenated alkanes) is 3. The molecule has 19 heavy (non-hydrogen) atoms. The molecule has 0 radical (unpaired) electrons. The summed E-state index contributed by atoms with van der Waals surface area (Å²) >= 11 is 12.0. The Kier molecular flexibility index (Phi) is 5.23. The van der Waals surface area contributed by atoms with E-state index in [-0.39, 0.29) is 0 Å². The van der Waals surface area contributed by atoms with E-state index in [9.17, 15) is 0 Å². The first-order valence-electron chi connectivity index (χ1n) is 6.56. The van der Waals surface area contributed by atoms with Crippen LogP contribution in [0.25, 0.3) is 5.69 Å². The zero-order valence-corrected chi connectivity index (χ0v) is 12.5. The van der Waals surface area contributed by atoms with Crippen LogP contribution in [0, 0.1) is 0 Å². The molecule has 0 saturated carbocycles. The molecule has 0 amide bonds. The second-order valence-electron chi connectivity index (χ2n) is 4.51. The van der Waals surface area contributed by atoms with Gasteiger partial charge in [-0.1, -0.05) is 49.4 Å². The third kappa shape index (κ3) is 3.95. The summed E-state index contributed by atoms with van der Waals surface area (Å²) in [6.07, 6.45) is 7.48. The van der Waals surface area contributed by atoms with E-state index in [0.29, 0.717) is 10.0 Å². The van der Waals surface area contributed by atoms with Crippen molar-refractivity contribution in [3.63, 3.8) is 0 Å². The molecule has 3 nitrogen and oxygen atoms in total. The van der Waals surface area contributed by atoms with Gasteiger partial charge in [-0.2, -0.15) is 5.10 Å².